The van der Waals surface area contributed by atoms with Crippen LogP contribution in [-0.4, -0.2) is 22.6 Å². The lowest BCUT2D eigenvalue weighted by molar-refractivity contribution is 0.0602. The Balaban J connectivity index is 1.66. The average molecular weight is 342 g/mol. The zero-order valence-electron chi connectivity index (χ0n) is 14.4. The van der Waals surface area contributed by atoms with Gasteiger partial charge in [-0.05, 0) is 41.0 Å². The maximum absolute atomic E-state index is 12.1. The quantitative estimate of drug-likeness (QED) is 0.512. The molecule has 0 N–H and O–H groups in total. The third-order valence-corrected chi connectivity index (χ3v) is 4.51. The van der Waals surface area contributed by atoms with Gasteiger partial charge in [-0.1, -0.05) is 36.4 Å². The van der Waals surface area contributed by atoms with E-state index >= 15 is 0 Å². The number of esters is 1. The Bertz CT molecular complexity index is 1050. The summed E-state index contributed by atoms with van der Waals surface area (Å²) in [7, 11) is 1.41. The van der Waals surface area contributed by atoms with Gasteiger partial charge in [0, 0.05) is 30.5 Å². The Morgan fingerprint density at radius 1 is 0.962 bits per heavy atom. The third-order valence-electron chi connectivity index (χ3n) is 4.51. The summed E-state index contributed by atoms with van der Waals surface area (Å²) in [5.74, 6) is -0.316. The van der Waals surface area contributed by atoms with Gasteiger partial charge >= 0.3 is 5.97 Å². The second-order valence-corrected chi connectivity index (χ2v) is 6.11. The van der Waals surface area contributed by atoms with Crippen molar-refractivity contribution in [2.45, 2.75) is 6.54 Å². The second kappa shape index (κ2) is 6.84. The van der Waals surface area contributed by atoms with Crippen LogP contribution in [0.15, 0.2) is 79.3 Å². The van der Waals surface area contributed by atoms with Gasteiger partial charge in [0.1, 0.15) is 0 Å². The molecule has 0 atom stereocenters. The number of ether oxygens (including phenoxy) is 1. The van der Waals surface area contributed by atoms with Crippen LogP contribution in [0.2, 0.25) is 0 Å². The highest BCUT2D eigenvalue weighted by Gasteiger charge is 2.13. The van der Waals surface area contributed by atoms with Gasteiger partial charge in [-0.15, -0.1) is 0 Å². The molecule has 4 heteroatoms. The summed E-state index contributed by atoms with van der Waals surface area (Å²) in [6.45, 7) is 0.689. The fraction of sp³-hybridized carbons (Fsp3) is 0.0909. The van der Waals surface area contributed by atoms with E-state index in [1.165, 1.54) is 12.7 Å². The number of hydrogen-bond donors (Lipinski definition) is 0. The van der Waals surface area contributed by atoms with Gasteiger partial charge in [-0.25, -0.2) is 4.79 Å². The second-order valence-electron chi connectivity index (χ2n) is 6.11. The molecule has 0 aliphatic carbocycles. The van der Waals surface area contributed by atoms with Crippen molar-refractivity contribution < 1.29 is 9.53 Å². The molecule has 26 heavy (non-hydrogen) atoms. The van der Waals surface area contributed by atoms with Crippen LogP contribution < -0.4 is 0 Å². The van der Waals surface area contributed by atoms with Crippen LogP contribution >= 0.6 is 0 Å². The molecule has 0 saturated carbocycles. The van der Waals surface area contributed by atoms with Gasteiger partial charge < -0.3 is 9.30 Å². The molecule has 2 aromatic heterocycles. The molecule has 4 aromatic rings. The van der Waals surface area contributed by atoms with E-state index in [4.69, 9.17) is 4.74 Å². The van der Waals surface area contributed by atoms with Crippen molar-refractivity contribution in [3.63, 3.8) is 0 Å². The molecule has 0 fully saturated rings. The average Bonchev–Trinajstić information content (AvgIpc) is 3.11. The highest BCUT2D eigenvalue weighted by Crippen LogP contribution is 2.23. The number of para-hydroxylation sites is 1. The number of rotatable bonds is 4. The van der Waals surface area contributed by atoms with E-state index in [2.05, 4.69) is 33.8 Å². The summed E-state index contributed by atoms with van der Waals surface area (Å²) < 4.78 is 7.01. The lowest BCUT2D eigenvalue weighted by atomic mass is 10.1. The molecule has 0 spiro atoms. The number of carbonyl (C=O) groups is 1. The molecule has 4 rings (SSSR count). The summed E-state index contributed by atoms with van der Waals surface area (Å²) in [6, 6.07) is 20.1. The largest absolute Gasteiger partial charge is 0.465 e. The number of nitrogens with zero attached hydrogens (tertiary/aromatic N) is 2. The van der Waals surface area contributed by atoms with Crippen LogP contribution in [0, 0.1) is 0 Å². The summed E-state index contributed by atoms with van der Waals surface area (Å²) in [6.07, 6.45) is 5.60. The number of hydrogen-bond acceptors (Lipinski definition) is 3. The van der Waals surface area contributed by atoms with Crippen LogP contribution in [0.1, 0.15) is 15.9 Å². The number of aromatic nitrogens is 2. The normalized spacial score (nSPS) is 10.8. The molecule has 4 nitrogen and oxygen atoms in total. The minimum absolute atomic E-state index is 0.316. The van der Waals surface area contributed by atoms with Gasteiger partial charge in [0.05, 0.1) is 18.2 Å². The Hall–Kier alpha value is -3.40. The van der Waals surface area contributed by atoms with Crippen LogP contribution in [-0.2, 0) is 11.3 Å². The van der Waals surface area contributed by atoms with Crippen molar-refractivity contribution >= 4 is 16.9 Å². The van der Waals surface area contributed by atoms with E-state index in [-0.39, 0.29) is 5.97 Å². The van der Waals surface area contributed by atoms with Gasteiger partial charge in [-0.3, -0.25) is 4.98 Å². The summed E-state index contributed by atoms with van der Waals surface area (Å²) >= 11 is 0. The minimum atomic E-state index is -0.316. The predicted octanol–water partition coefficient (Wildman–Crippen LogP) is 4.54. The summed E-state index contributed by atoms with van der Waals surface area (Å²) in [4.78, 5) is 16.1. The van der Waals surface area contributed by atoms with Crippen LogP contribution in [0.4, 0.5) is 0 Å². The highest BCUT2D eigenvalue weighted by atomic mass is 16.5. The van der Waals surface area contributed by atoms with Crippen molar-refractivity contribution in [3.05, 3.63) is 90.4 Å². The molecule has 0 aliphatic heterocycles. The molecular formula is C22H18N2O2. The third kappa shape index (κ3) is 2.97. The Kier molecular flexibility index (Phi) is 4.23. The van der Waals surface area contributed by atoms with E-state index in [1.54, 1.807) is 18.5 Å². The fourth-order valence-electron chi connectivity index (χ4n) is 3.21. The van der Waals surface area contributed by atoms with Gasteiger partial charge in [-0.2, -0.15) is 0 Å². The first kappa shape index (κ1) is 16.1. The minimum Gasteiger partial charge on any atom is -0.465 e. The van der Waals surface area contributed by atoms with Gasteiger partial charge in [0.2, 0.25) is 0 Å². The monoisotopic (exact) mass is 342 g/mol. The topological polar surface area (TPSA) is 44.1 Å². The van der Waals surface area contributed by atoms with E-state index in [9.17, 15) is 4.79 Å². The SMILES string of the molecule is COC(=O)c1cccc2ccn(Cc3ccc(-c4ccncc4)cc3)c12. The zero-order chi connectivity index (χ0) is 17.9. The molecule has 2 aromatic carbocycles. The first-order valence-corrected chi connectivity index (χ1v) is 8.42. The fourth-order valence-corrected chi connectivity index (χ4v) is 3.21. The molecule has 0 radical (unpaired) electrons. The first-order valence-electron chi connectivity index (χ1n) is 8.42. The predicted molar refractivity (Wildman–Crippen MR) is 102 cm³/mol. The smallest absolute Gasteiger partial charge is 0.340 e. The first-order chi connectivity index (χ1) is 12.8. The Labute approximate surface area is 151 Å². The molecule has 0 unspecified atom stereocenters. The summed E-state index contributed by atoms with van der Waals surface area (Å²) in [5, 5.41) is 1.03. The Morgan fingerprint density at radius 2 is 1.69 bits per heavy atom. The molecule has 128 valence electrons. The van der Waals surface area contributed by atoms with Crippen LogP contribution in [0.3, 0.4) is 0 Å². The molecule has 0 aliphatic rings. The van der Waals surface area contributed by atoms with Crippen molar-refractivity contribution in [3.8, 4) is 11.1 Å². The Morgan fingerprint density at radius 3 is 2.42 bits per heavy atom. The zero-order valence-corrected chi connectivity index (χ0v) is 14.4. The maximum atomic E-state index is 12.1. The lowest BCUT2D eigenvalue weighted by Crippen LogP contribution is -2.06. The van der Waals surface area contributed by atoms with Crippen LogP contribution in [0.5, 0.6) is 0 Å². The van der Waals surface area contributed by atoms with Crippen molar-refractivity contribution in [2.24, 2.45) is 0 Å². The number of pyridine rings is 1. The molecule has 0 amide bonds. The number of fused-ring (bicyclic) bond motifs is 1. The number of carbonyl (C=O) groups excluding carboxylic acids is 1. The number of benzene rings is 2. The van der Waals surface area contributed by atoms with Crippen molar-refractivity contribution in [1.82, 2.24) is 9.55 Å². The molecular weight excluding hydrogens is 324 g/mol. The highest BCUT2D eigenvalue weighted by molar-refractivity contribution is 6.03. The molecule has 2 heterocycles. The molecule has 0 saturated heterocycles. The standard InChI is InChI=1S/C22H18N2O2/c1-26-22(25)20-4-2-3-19-11-14-24(21(19)20)15-16-5-7-17(8-6-16)18-9-12-23-13-10-18/h2-14H,15H2,1H3. The van der Waals surface area contributed by atoms with Crippen molar-refractivity contribution in [2.75, 3.05) is 7.11 Å². The van der Waals surface area contributed by atoms with Crippen molar-refractivity contribution in [1.29, 1.82) is 0 Å². The van der Waals surface area contributed by atoms with E-state index in [0.717, 1.165) is 22.0 Å². The molecule has 0 bridgehead atoms. The van der Waals surface area contributed by atoms with Gasteiger partial charge in [0.25, 0.3) is 0 Å². The lowest BCUT2D eigenvalue weighted by Gasteiger charge is -2.10. The maximum Gasteiger partial charge on any atom is 0.340 e. The van der Waals surface area contributed by atoms with Gasteiger partial charge in [0.15, 0.2) is 0 Å². The number of methoxy groups -OCH3 is 1. The van der Waals surface area contributed by atoms with E-state index in [1.807, 2.05) is 36.5 Å². The summed E-state index contributed by atoms with van der Waals surface area (Å²) in [5.41, 5.74) is 4.95. The van der Waals surface area contributed by atoms with Crippen LogP contribution in [0.25, 0.3) is 22.0 Å². The van der Waals surface area contributed by atoms with E-state index in [0.29, 0.717) is 12.1 Å². The van der Waals surface area contributed by atoms with E-state index < -0.39 is 0 Å².